The van der Waals surface area contributed by atoms with Gasteiger partial charge in [-0.3, -0.25) is 9.59 Å². The fourth-order valence-electron chi connectivity index (χ4n) is 5.26. The second kappa shape index (κ2) is 14.3. The average molecular weight is 587 g/mol. The summed E-state index contributed by atoms with van der Waals surface area (Å²) in [7, 11) is 0. The number of carbonyl (C=O) groups is 2. The van der Waals surface area contributed by atoms with E-state index >= 15 is 0 Å². The van der Waals surface area contributed by atoms with Crippen molar-refractivity contribution in [3.05, 3.63) is 82.9 Å². The molecule has 4 rings (SSSR count). The lowest BCUT2D eigenvalue weighted by Crippen LogP contribution is -2.50. The van der Waals surface area contributed by atoms with Gasteiger partial charge in [0, 0.05) is 36.0 Å². The van der Waals surface area contributed by atoms with Crippen LogP contribution in [0.25, 0.3) is 11.1 Å². The molecule has 0 bridgehead atoms. The summed E-state index contributed by atoms with van der Waals surface area (Å²) in [5, 5.41) is 5.65. The van der Waals surface area contributed by atoms with E-state index in [2.05, 4.69) is 56.6 Å². The van der Waals surface area contributed by atoms with Gasteiger partial charge in [-0.2, -0.15) is 0 Å². The Morgan fingerprint density at radius 2 is 1.83 bits per heavy atom. The van der Waals surface area contributed by atoms with E-state index in [1.54, 1.807) is 11.8 Å². The standard InChI is InChI=1S/C35H46N4O2S/c1-7-24-14-17-26(18-15-24)28-21-36-32(37-22-28)27-11-8-10-25(16-19-27)20-29(33(40)38-23(2)3)39-34(41)30-12-9-13-31(42-30)35(4,5)6/h8-10,12-13,16-17,19,21-24,29-30H,7,11,14-15,18,20H2,1-6H3,(H,38,40)(H,39,41)/t24?,29-,30?/m0/s1. The van der Waals surface area contributed by atoms with Crippen molar-refractivity contribution in [1.82, 2.24) is 20.6 Å². The van der Waals surface area contributed by atoms with E-state index < -0.39 is 6.04 Å². The van der Waals surface area contributed by atoms with Crippen molar-refractivity contribution in [1.29, 1.82) is 0 Å². The molecule has 2 amide bonds. The maximum atomic E-state index is 13.3. The van der Waals surface area contributed by atoms with E-state index in [4.69, 9.17) is 9.97 Å². The number of hydrogen-bond donors (Lipinski definition) is 2. The van der Waals surface area contributed by atoms with Gasteiger partial charge in [0.1, 0.15) is 11.3 Å². The summed E-state index contributed by atoms with van der Waals surface area (Å²) in [5.74, 6) is 1.17. The molecule has 3 aliphatic rings. The fourth-order valence-corrected chi connectivity index (χ4v) is 6.39. The second-order valence-electron chi connectivity index (χ2n) is 12.7. The third-order valence-electron chi connectivity index (χ3n) is 7.86. The molecular weight excluding hydrogens is 540 g/mol. The topological polar surface area (TPSA) is 84.0 Å². The number of hydrogen-bond acceptors (Lipinski definition) is 5. The zero-order valence-electron chi connectivity index (χ0n) is 25.9. The minimum absolute atomic E-state index is 0.0287. The molecule has 7 heteroatoms. The van der Waals surface area contributed by atoms with Crippen LogP contribution in [0.5, 0.6) is 0 Å². The van der Waals surface area contributed by atoms with Gasteiger partial charge in [0.25, 0.3) is 0 Å². The van der Waals surface area contributed by atoms with Crippen LogP contribution in [0.2, 0.25) is 0 Å². The number of carbonyl (C=O) groups excluding carboxylic acids is 2. The van der Waals surface area contributed by atoms with Crippen LogP contribution in [0.1, 0.15) is 91.5 Å². The van der Waals surface area contributed by atoms with Gasteiger partial charge in [-0.25, -0.2) is 9.97 Å². The summed E-state index contributed by atoms with van der Waals surface area (Å²) in [6.07, 6.45) is 26.1. The number of aromatic nitrogens is 2. The summed E-state index contributed by atoms with van der Waals surface area (Å²) < 4.78 is 0. The molecule has 1 aliphatic heterocycles. The lowest BCUT2D eigenvalue weighted by atomic mass is 9.86. The van der Waals surface area contributed by atoms with Crippen LogP contribution in [0, 0.1) is 11.3 Å². The maximum Gasteiger partial charge on any atom is 0.243 e. The highest BCUT2D eigenvalue weighted by Crippen LogP contribution is 2.39. The molecule has 1 aromatic heterocycles. The Kier molecular flexibility index (Phi) is 10.8. The predicted molar refractivity (Wildman–Crippen MR) is 175 cm³/mol. The zero-order valence-corrected chi connectivity index (χ0v) is 26.8. The van der Waals surface area contributed by atoms with Crippen molar-refractivity contribution in [2.75, 3.05) is 0 Å². The smallest absolute Gasteiger partial charge is 0.243 e. The highest BCUT2D eigenvalue weighted by molar-refractivity contribution is 8.04. The molecule has 0 saturated carbocycles. The first-order valence-electron chi connectivity index (χ1n) is 15.3. The van der Waals surface area contributed by atoms with Gasteiger partial charge in [0.2, 0.25) is 11.8 Å². The first-order valence-corrected chi connectivity index (χ1v) is 16.2. The van der Waals surface area contributed by atoms with Crippen LogP contribution < -0.4 is 10.6 Å². The first-order chi connectivity index (χ1) is 20.0. The van der Waals surface area contributed by atoms with Gasteiger partial charge in [-0.05, 0) is 66.9 Å². The summed E-state index contributed by atoms with van der Waals surface area (Å²) in [6.45, 7) is 12.5. The van der Waals surface area contributed by atoms with Crippen molar-refractivity contribution in [3.63, 3.8) is 0 Å². The van der Waals surface area contributed by atoms with E-state index in [1.165, 1.54) is 18.4 Å². The van der Waals surface area contributed by atoms with Crippen LogP contribution in [-0.4, -0.2) is 39.1 Å². The monoisotopic (exact) mass is 586 g/mol. The van der Waals surface area contributed by atoms with Crippen LogP contribution in [0.4, 0.5) is 0 Å². The quantitative estimate of drug-likeness (QED) is 0.316. The lowest BCUT2D eigenvalue weighted by Gasteiger charge is -2.28. The Morgan fingerprint density at radius 3 is 2.48 bits per heavy atom. The molecule has 0 aromatic carbocycles. The minimum Gasteiger partial charge on any atom is -0.352 e. The summed E-state index contributed by atoms with van der Waals surface area (Å²) in [4.78, 5) is 37.1. The van der Waals surface area contributed by atoms with E-state index in [-0.39, 0.29) is 28.5 Å². The number of nitrogens with one attached hydrogen (secondary N) is 2. The van der Waals surface area contributed by atoms with Crippen molar-refractivity contribution in [3.8, 4) is 0 Å². The normalized spacial score (nSPS) is 21.5. The Morgan fingerprint density at radius 1 is 1.07 bits per heavy atom. The first kappa shape index (κ1) is 31.7. The van der Waals surface area contributed by atoms with Gasteiger partial charge in [0.05, 0.1) is 0 Å². The van der Waals surface area contributed by atoms with E-state index in [9.17, 15) is 9.59 Å². The zero-order chi connectivity index (χ0) is 30.3. The molecule has 0 spiro atoms. The van der Waals surface area contributed by atoms with Crippen molar-refractivity contribution < 1.29 is 9.59 Å². The number of amides is 2. The Labute approximate surface area is 256 Å². The van der Waals surface area contributed by atoms with E-state index in [0.717, 1.165) is 46.2 Å². The van der Waals surface area contributed by atoms with Gasteiger partial charge in [0.15, 0.2) is 5.82 Å². The van der Waals surface area contributed by atoms with Crippen LogP contribution in [-0.2, 0) is 9.59 Å². The third kappa shape index (κ3) is 8.66. The minimum atomic E-state index is -0.685. The van der Waals surface area contributed by atoms with Crippen LogP contribution >= 0.6 is 11.8 Å². The predicted octanol–water partition coefficient (Wildman–Crippen LogP) is 7.34. The number of nitrogens with zero attached hydrogens (tertiary/aromatic N) is 2. The van der Waals surface area contributed by atoms with Gasteiger partial charge in [-0.15, -0.1) is 11.8 Å². The molecule has 1 aromatic rings. The molecule has 2 N–H and O–H groups in total. The summed E-state index contributed by atoms with van der Waals surface area (Å²) in [6, 6.07) is -0.714. The lowest BCUT2D eigenvalue weighted by molar-refractivity contribution is -0.128. The van der Waals surface area contributed by atoms with Crippen molar-refractivity contribution >= 4 is 34.7 Å². The van der Waals surface area contributed by atoms with E-state index in [0.29, 0.717) is 12.8 Å². The van der Waals surface area contributed by atoms with Crippen LogP contribution in [0.3, 0.4) is 0 Å². The molecule has 224 valence electrons. The molecule has 0 fully saturated rings. The Hall–Kier alpha value is -3.19. The van der Waals surface area contributed by atoms with Crippen molar-refractivity contribution in [2.24, 2.45) is 11.3 Å². The summed E-state index contributed by atoms with van der Waals surface area (Å²) in [5.41, 5.74) is 4.40. The van der Waals surface area contributed by atoms with Gasteiger partial charge >= 0.3 is 0 Å². The van der Waals surface area contributed by atoms with E-state index in [1.807, 2.05) is 56.6 Å². The van der Waals surface area contributed by atoms with Gasteiger partial charge < -0.3 is 10.6 Å². The Balaban J connectivity index is 1.45. The molecule has 2 heterocycles. The molecule has 2 unspecified atom stereocenters. The fraction of sp³-hybridized carbons (Fsp3) is 0.486. The van der Waals surface area contributed by atoms with Crippen molar-refractivity contribution in [2.45, 2.75) is 97.4 Å². The maximum absolute atomic E-state index is 13.3. The average Bonchev–Trinajstić information content (AvgIpc) is 3.22. The number of rotatable bonds is 9. The molecular formula is C35H46N4O2S. The van der Waals surface area contributed by atoms with Gasteiger partial charge in [-0.1, -0.05) is 82.7 Å². The molecule has 3 atom stereocenters. The molecule has 42 heavy (non-hydrogen) atoms. The SMILES string of the molecule is CCC1CC=C(c2cnc(C3=CC=C(C[C@H](NC(=O)C4C=CC=C(C(C)(C)C)S4)C(=O)NC(C)C)C=CC3)nc2)CC1. The third-order valence-corrected chi connectivity index (χ3v) is 9.49. The molecule has 0 saturated heterocycles. The molecule has 0 radical (unpaired) electrons. The summed E-state index contributed by atoms with van der Waals surface area (Å²) >= 11 is 1.55. The number of allylic oxidation sites excluding steroid dienone is 10. The molecule has 2 aliphatic carbocycles. The Bertz CT molecular complexity index is 1330. The largest absolute Gasteiger partial charge is 0.352 e. The van der Waals surface area contributed by atoms with Crippen LogP contribution in [0.15, 0.2) is 71.5 Å². The second-order valence-corrected chi connectivity index (χ2v) is 13.9. The number of thioether (sulfide) groups is 1. The highest BCUT2D eigenvalue weighted by atomic mass is 32.2. The highest BCUT2D eigenvalue weighted by Gasteiger charge is 2.30. The molecule has 6 nitrogen and oxygen atoms in total.